The highest BCUT2D eigenvalue weighted by atomic mass is 19.1. The van der Waals surface area contributed by atoms with Gasteiger partial charge in [0.05, 0.1) is 17.8 Å². The Labute approximate surface area is 74.5 Å². The zero-order valence-corrected chi connectivity index (χ0v) is 6.77. The van der Waals surface area contributed by atoms with Crippen molar-refractivity contribution in [1.82, 2.24) is 0 Å². The Morgan fingerprint density at radius 1 is 1.31 bits per heavy atom. The monoisotopic (exact) mass is 182 g/mol. The van der Waals surface area contributed by atoms with Crippen molar-refractivity contribution in [2.45, 2.75) is 0 Å². The molecule has 0 saturated heterocycles. The molecule has 0 fully saturated rings. The van der Waals surface area contributed by atoms with Crippen LogP contribution in [0.15, 0.2) is 12.1 Å². The number of hydrogen-bond acceptors (Lipinski definition) is 2. The van der Waals surface area contributed by atoms with E-state index in [2.05, 4.69) is 11.8 Å². The molecule has 0 saturated carbocycles. The minimum absolute atomic E-state index is 0.123. The number of halogens is 2. The molecule has 13 heavy (non-hydrogen) atoms. The molecule has 0 aliphatic heterocycles. The Hall–Kier alpha value is -1.60. The van der Waals surface area contributed by atoms with Crippen LogP contribution >= 0.6 is 0 Å². The van der Waals surface area contributed by atoms with Gasteiger partial charge in [0, 0.05) is 6.07 Å². The molecule has 1 rings (SSSR count). The molecule has 4 N–H and O–H groups in total. The number of benzene rings is 1. The molecular weight excluding hydrogens is 174 g/mol. The summed E-state index contributed by atoms with van der Waals surface area (Å²) in [5, 5.41) is 0. The summed E-state index contributed by atoms with van der Waals surface area (Å²) in [5.41, 5.74) is 10.4. The molecule has 0 aromatic heterocycles. The Kier molecular flexibility index (Phi) is 2.83. The van der Waals surface area contributed by atoms with Gasteiger partial charge in [-0.15, -0.1) is 0 Å². The number of rotatable bonds is 0. The lowest BCUT2D eigenvalue weighted by molar-refractivity contribution is 0.586. The van der Waals surface area contributed by atoms with Gasteiger partial charge in [0.15, 0.2) is 0 Å². The van der Waals surface area contributed by atoms with Gasteiger partial charge in [-0.05, 0) is 6.07 Å². The van der Waals surface area contributed by atoms with Crippen LogP contribution in [0, 0.1) is 23.5 Å². The minimum Gasteiger partial charge on any atom is -0.395 e. The van der Waals surface area contributed by atoms with Crippen LogP contribution < -0.4 is 11.5 Å². The molecular formula is C9H8F2N2. The van der Waals surface area contributed by atoms with E-state index in [0.29, 0.717) is 6.07 Å². The van der Waals surface area contributed by atoms with E-state index in [1.54, 1.807) is 0 Å². The summed E-state index contributed by atoms with van der Waals surface area (Å²) in [7, 11) is 0. The van der Waals surface area contributed by atoms with Gasteiger partial charge in [0.25, 0.3) is 0 Å². The first-order chi connectivity index (χ1) is 6.15. The van der Waals surface area contributed by atoms with Gasteiger partial charge in [-0.1, -0.05) is 11.8 Å². The summed E-state index contributed by atoms with van der Waals surface area (Å²) in [6.07, 6.45) is 0. The fourth-order valence-electron chi connectivity index (χ4n) is 0.834. The van der Waals surface area contributed by atoms with Crippen LogP contribution in [0.5, 0.6) is 0 Å². The lowest BCUT2D eigenvalue weighted by Gasteiger charge is -1.99. The van der Waals surface area contributed by atoms with Gasteiger partial charge in [-0.2, -0.15) is 0 Å². The molecule has 1 aromatic rings. The lowest BCUT2D eigenvalue weighted by atomic mass is 10.1. The average molecular weight is 182 g/mol. The van der Waals surface area contributed by atoms with Gasteiger partial charge in [0.1, 0.15) is 11.6 Å². The Morgan fingerprint density at radius 3 is 2.62 bits per heavy atom. The van der Waals surface area contributed by atoms with E-state index in [-0.39, 0.29) is 17.8 Å². The fraction of sp³-hybridized carbons (Fsp3) is 0.111. The summed E-state index contributed by atoms with van der Waals surface area (Å²) in [6, 6.07) is 1.78. The van der Waals surface area contributed by atoms with E-state index in [1.165, 1.54) is 0 Å². The molecule has 0 spiro atoms. The Bertz CT molecular complexity index is 377. The third-order valence-electron chi connectivity index (χ3n) is 1.42. The number of nitrogen functional groups attached to an aromatic ring is 1. The van der Waals surface area contributed by atoms with Crippen LogP contribution in [0.4, 0.5) is 14.5 Å². The second kappa shape index (κ2) is 3.87. The second-order valence-corrected chi connectivity index (χ2v) is 2.35. The first-order valence-corrected chi connectivity index (χ1v) is 3.58. The summed E-state index contributed by atoms with van der Waals surface area (Å²) < 4.78 is 25.4. The van der Waals surface area contributed by atoms with E-state index in [9.17, 15) is 8.78 Å². The summed E-state index contributed by atoms with van der Waals surface area (Å²) in [6.45, 7) is 0.123. The van der Waals surface area contributed by atoms with E-state index >= 15 is 0 Å². The molecule has 0 radical (unpaired) electrons. The maximum absolute atomic E-state index is 12.8. The van der Waals surface area contributed by atoms with Crippen molar-refractivity contribution in [2.75, 3.05) is 12.3 Å². The van der Waals surface area contributed by atoms with E-state index in [1.807, 2.05) is 0 Å². The largest absolute Gasteiger partial charge is 0.395 e. The molecule has 0 bridgehead atoms. The second-order valence-electron chi connectivity index (χ2n) is 2.35. The van der Waals surface area contributed by atoms with E-state index < -0.39 is 11.6 Å². The summed E-state index contributed by atoms with van der Waals surface area (Å²) in [5.74, 6) is 3.43. The Morgan fingerprint density at radius 2 is 2.00 bits per heavy atom. The van der Waals surface area contributed by atoms with Crippen molar-refractivity contribution in [1.29, 1.82) is 0 Å². The third-order valence-corrected chi connectivity index (χ3v) is 1.42. The predicted octanol–water partition coefficient (Wildman–Crippen LogP) is 0.857. The lowest BCUT2D eigenvalue weighted by Crippen LogP contribution is -1.98. The molecule has 0 atom stereocenters. The van der Waals surface area contributed by atoms with Crippen molar-refractivity contribution in [3.05, 3.63) is 29.3 Å². The molecule has 4 heteroatoms. The Balaban J connectivity index is 3.20. The van der Waals surface area contributed by atoms with Crippen molar-refractivity contribution in [2.24, 2.45) is 5.73 Å². The molecule has 0 amide bonds. The van der Waals surface area contributed by atoms with Crippen molar-refractivity contribution < 1.29 is 8.78 Å². The van der Waals surface area contributed by atoms with Gasteiger partial charge in [-0.3, -0.25) is 0 Å². The molecule has 68 valence electrons. The van der Waals surface area contributed by atoms with E-state index in [0.717, 1.165) is 6.07 Å². The van der Waals surface area contributed by atoms with Crippen LogP contribution in [0.2, 0.25) is 0 Å². The van der Waals surface area contributed by atoms with Crippen molar-refractivity contribution in [3.63, 3.8) is 0 Å². The quantitative estimate of drug-likeness (QED) is 0.461. The minimum atomic E-state index is -0.804. The normalized spacial score (nSPS) is 9.15. The number of hydrogen-bond donors (Lipinski definition) is 2. The fourth-order valence-corrected chi connectivity index (χ4v) is 0.834. The summed E-state index contributed by atoms with van der Waals surface area (Å²) in [4.78, 5) is 0. The van der Waals surface area contributed by atoms with Crippen LogP contribution in [-0.4, -0.2) is 6.54 Å². The maximum atomic E-state index is 12.8. The first-order valence-electron chi connectivity index (χ1n) is 3.58. The number of anilines is 1. The smallest absolute Gasteiger partial charge is 0.150 e. The van der Waals surface area contributed by atoms with Gasteiger partial charge in [0.2, 0.25) is 0 Å². The first kappa shape index (κ1) is 9.49. The highest BCUT2D eigenvalue weighted by Crippen LogP contribution is 2.16. The van der Waals surface area contributed by atoms with Crippen LogP contribution in [-0.2, 0) is 0 Å². The predicted molar refractivity (Wildman–Crippen MR) is 46.7 cm³/mol. The van der Waals surface area contributed by atoms with Crippen molar-refractivity contribution >= 4 is 5.69 Å². The zero-order chi connectivity index (χ0) is 9.84. The van der Waals surface area contributed by atoms with Crippen LogP contribution in [0.25, 0.3) is 0 Å². The van der Waals surface area contributed by atoms with E-state index in [4.69, 9.17) is 11.5 Å². The topological polar surface area (TPSA) is 52.0 Å². The third kappa shape index (κ3) is 2.17. The molecule has 0 unspecified atom stereocenters. The molecule has 0 aliphatic carbocycles. The summed E-state index contributed by atoms with van der Waals surface area (Å²) >= 11 is 0. The highest BCUT2D eigenvalue weighted by molar-refractivity contribution is 5.56. The average Bonchev–Trinajstić information content (AvgIpc) is 2.09. The number of nitrogens with two attached hydrogens (primary N) is 2. The van der Waals surface area contributed by atoms with Gasteiger partial charge < -0.3 is 11.5 Å². The molecule has 2 nitrogen and oxygen atoms in total. The van der Waals surface area contributed by atoms with Gasteiger partial charge >= 0.3 is 0 Å². The zero-order valence-electron chi connectivity index (χ0n) is 6.77. The molecule has 1 aromatic carbocycles. The van der Waals surface area contributed by atoms with Crippen molar-refractivity contribution in [3.8, 4) is 11.8 Å². The standard InChI is InChI=1S/C9H8F2N2/c10-7-4-6(2-1-3-12)9(13)8(11)5-7/h4-5H,3,12-13H2. The SMILES string of the molecule is NCC#Cc1cc(F)cc(F)c1N. The van der Waals surface area contributed by atoms with Crippen LogP contribution in [0.3, 0.4) is 0 Å². The molecule has 0 heterocycles. The molecule has 0 aliphatic rings. The maximum Gasteiger partial charge on any atom is 0.150 e. The van der Waals surface area contributed by atoms with Crippen LogP contribution in [0.1, 0.15) is 5.56 Å². The van der Waals surface area contributed by atoms with Gasteiger partial charge in [-0.25, -0.2) is 8.78 Å². The highest BCUT2D eigenvalue weighted by Gasteiger charge is 2.05.